The fourth-order valence-electron chi connectivity index (χ4n) is 4.71. The van der Waals surface area contributed by atoms with Gasteiger partial charge in [0.2, 0.25) is 0 Å². The van der Waals surface area contributed by atoms with Crippen molar-refractivity contribution < 1.29 is 28.9 Å². The summed E-state index contributed by atoms with van der Waals surface area (Å²) in [6, 6.07) is 18.6. The molecule has 38 heavy (non-hydrogen) atoms. The molecule has 1 unspecified atom stereocenters. The van der Waals surface area contributed by atoms with E-state index < -0.39 is 17.7 Å². The van der Waals surface area contributed by atoms with E-state index in [2.05, 4.69) is 0 Å². The number of ketones is 1. The number of hydrogen-bond donors (Lipinski definition) is 1. The number of ether oxygens (including phenoxy) is 3. The molecule has 1 N–H and O–H groups in total. The molecule has 4 rings (SSSR count). The van der Waals surface area contributed by atoms with Crippen LogP contribution in [0.4, 0.5) is 5.69 Å². The second kappa shape index (κ2) is 11.4. The topological polar surface area (TPSA) is 85.3 Å². The molecule has 1 aliphatic heterocycles. The van der Waals surface area contributed by atoms with Crippen LogP contribution < -0.4 is 19.1 Å². The van der Waals surface area contributed by atoms with Crippen molar-refractivity contribution >= 4 is 23.1 Å². The largest absolute Gasteiger partial charge is 0.507 e. The highest BCUT2D eigenvalue weighted by Gasteiger charge is 2.47. The lowest BCUT2D eigenvalue weighted by atomic mass is 9.93. The molecule has 3 aromatic carbocycles. The van der Waals surface area contributed by atoms with Crippen molar-refractivity contribution in [3.05, 3.63) is 89.0 Å². The van der Waals surface area contributed by atoms with Gasteiger partial charge in [-0.1, -0.05) is 26.0 Å². The Morgan fingerprint density at radius 3 is 2.24 bits per heavy atom. The van der Waals surface area contributed by atoms with Crippen LogP contribution in [-0.4, -0.2) is 37.1 Å². The molecule has 0 spiro atoms. The SMILES string of the molecule is CCOc1ccc(N2C(=O)C(=O)/C(=C(/O)c3ccc(OC)c(C(C)C)c3)C2c2cccc(OCC)c2)cc1. The van der Waals surface area contributed by atoms with E-state index in [4.69, 9.17) is 14.2 Å². The molecule has 1 amide bonds. The molecule has 198 valence electrons. The first-order valence-corrected chi connectivity index (χ1v) is 12.8. The maximum absolute atomic E-state index is 13.5. The van der Waals surface area contributed by atoms with Gasteiger partial charge in [0.05, 0.1) is 31.9 Å². The van der Waals surface area contributed by atoms with Crippen molar-refractivity contribution in [2.24, 2.45) is 0 Å². The van der Waals surface area contributed by atoms with Gasteiger partial charge in [0.1, 0.15) is 23.0 Å². The maximum Gasteiger partial charge on any atom is 0.300 e. The van der Waals surface area contributed by atoms with Crippen LogP contribution in [0, 0.1) is 0 Å². The van der Waals surface area contributed by atoms with Crippen LogP contribution in [0.15, 0.2) is 72.3 Å². The van der Waals surface area contributed by atoms with Gasteiger partial charge < -0.3 is 19.3 Å². The van der Waals surface area contributed by atoms with Crippen LogP contribution in [0.2, 0.25) is 0 Å². The lowest BCUT2D eigenvalue weighted by Crippen LogP contribution is -2.29. The van der Waals surface area contributed by atoms with Crippen molar-refractivity contribution in [1.29, 1.82) is 0 Å². The van der Waals surface area contributed by atoms with Crippen molar-refractivity contribution in [3.63, 3.8) is 0 Å². The number of nitrogens with zero attached hydrogens (tertiary/aromatic N) is 1. The molecule has 0 aliphatic carbocycles. The summed E-state index contributed by atoms with van der Waals surface area (Å²) in [5.74, 6) is 0.337. The molecule has 0 radical (unpaired) electrons. The van der Waals surface area contributed by atoms with Crippen molar-refractivity contribution in [3.8, 4) is 17.2 Å². The highest BCUT2D eigenvalue weighted by atomic mass is 16.5. The first-order valence-electron chi connectivity index (χ1n) is 12.8. The number of hydrogen-bond acceptors (Lipinski definition) is 6. The Morgan fingerprint density at radius 1 is 0.921 bits per heavy atom. The van der Waals surface area contributed by atoms with E-state index in [1.165, 1.54) is 4.90 Å². The van der Waals surface area contributed by atoms with Gasteiger partial charge in [-0.2, -0.15) is 0 Å². The Bertz CT molecular complexity index is 1360. The summed E-state index contributed by atoms with van der Waals surface area (Å²) in [5, 5.41) is 11.5. The van der Waals surface area contributed by atoms with Gasteiger partial charge in [-0.3, -0.25) is 14.5 Å². The standard InChI is InChI=1S/C31H33NO6/c1-6-37-23-14-12-22(13-15-23)32-28(20-9-8-10-24(17-20)38-7-2)27(30(34)31(32)35)29(33)21-11-16-26(36-5)25(18-21)19(3)4/h8-19,28,33H,6-7H2,1-5H3/b29-27+. The first kappa shape index (κ1) is 26.8. The van der Waals surface area contributed by atoms with Crippen molar-refractivity contribution in [2.75, 3.05) is 25.2 Å². The minimum atomic E-state index is -0.863. The van der Waals surface area contributed by atoms with Crippen LogP contribution >= 0.6 is 0 Å². The number of methoxy groups -OCH3 is 1. The predicted molar refractivity (Wildman–Crippen MR) is 147 cm³/mol. The van der Waals surface area contributed by atoms with Crippen molar-refractivity contribution in [1.82, 2.24) is 0 Å². The van der Waals surface area contributed by atoms with Crippen LogP contribution in [-0.2, 0) is 9.59 Å². The molecule has 1 aliphatic rings. The molecule has 0 aromatic heterocycles. The lowest BCUT2D eigenvalue weighted by Gasteiger charge is -2.26. The number of carbonyl (C=O) groups is 2. The number of anilines is 1. The minimum absolute atomic E-state index is 0.0115. The molecule has 3 aromatic rings. The number of amides is 1. The Morgan fingerprint density at radius 2 is 1.61 bits per heavy atom. The molecule has 0 saturated carbocycles. The summed E-state index contributed by atoms with van der Waals surface area (Å²) >= 11 is 0. The Kier molecular flexibility index (Phi) is 8.05. The molecule has 1 saturated heterocycles. The lowest BCUT2D eigenvalue weighted by molar-refractivity contribution is -0.132. The normalized spacial score (nSPS) is 16.7. The van der Waals surface area contributed by atoms with Gasteiger partial charge in [0.15, 0.2) is 0 Å². The van der Waals surface area contributed by atoms with Gasteiger partial charge in [-0.15, -0.1) is 0 Å². The number of rotatable bonds is 9. The van der Waals surface area contributed by atoms with Crippen LogP contribution in [0.5, 0.6) is 17.2 Å². The first-order chi connectivity index (χ1) is 18.3. The Labute approximate surface area is 223 Å². The molecule has 1 heterocycles. The maximum atomic E-state index is 13.5. The zero-order valence-electron chi connectivity index (χ0n) is 22.4. The van der Waals surface area contributed by atoms with Crippen LogP contribution in [0.3, 0.4) is 0 Å². The van der Waals surface area contributed by atoms with Gasteiger partial charge in [-0.05, 0) is 85.5 Å². The van der Waals surface area contributed by atoms with Gasteiger partial charge in [0.25, 0.3) is 11.7 Å². The van der Waals surface area contributed by atoms with Crippen molar-refractivity contribution in [2.45, 2.75) is 39.7 Å². The number of aliphatic hydroxyl groups excluding tert-OH is 1. The smallest absolute Gasteiger partial charge is 0.300 e. The monoisotopic (exact) mass is 515 g/mol. The van der Waals surface area contributed by atoms with Gasteiger partial charge in [-0.25, -0.2) is 0 Å². The number of benzene rings is 3. The predicted octanol–water partition coefficient (Wildman–Crippen LogP) is 6.24. The quantitative estimate of drug-likeness (QED) is 0.206. The summed E-state index contributed by atoms with van der Waals surface area (Å²) in [4.78, 5) is 28.4. The van der Waals surface area contributed by atoms with E-state index in [0.29, 0.717) is 47.3 Å². The van der Waals surface area contributed by atoms with Crippen LogP contribution in [0.25, 0.3) is 5.76 Å². The number of Topliss-reactive ketones (excluding diaryl/α,β-unsaturated/α-hetero) is 1. The third-order valence-corrected chi connectivity index (χ3v) is 6.48. The highest BCUT2D eigenvalue weighted by Crippen LogP contribution is 2.43. The average molecular weight is 516 g/mol. The Hall–Kier alpha value is -4.26. The second-order valence-corrected chi connectivity index (χ2v) is 9.21. The summed E-state index contributed by atoms with van der Waals surface area (Å²) in [6.45, 7) is 8.79. The third kappa shape index (κ3) is 5.09. The second-order valence-electron chi connectivity index (χ2n) is 9.21. The molecule has 1 fully saturated rings. The van der Waals surface area contributed by atoms with E-state index in [-0.39, 0.29) is 17.3 Å². The molecular formula is C31H33NO6. The molecule has 0 bridgehead atoms. The zero-order chi connectivity index (χ0) is 27.4. The summed E-state index contributed by atoms with van der Waals surface area (Å²) in [5.41, 5.74) is 2.48. The highest BCUT2D eigenvalue weighted by molar-refractivity contribution is 6.51. The average Bonchev–Trinajstić information content (AvgIpc) is 3.19. The minimum Gasteiger partial charge on any atom is -0.507 e. The molecule has 7 nitrogen and oxygen atoms in total. The fourth-order valence-corrected chi connectivity index (χ4v) is 4.71. The summed E-state index contributed by atoms with van der Waals surface area (Å²) in [6.07, 6.45) is 0. The van der Waals surface area contributed by atoms with E-state index in [1.54, 1.807) is 55.6 Å². The van der Waals surface area contributed by atoms with Gasteiger partial charge in [0, 0.05) is 11.3 Å². The fraction of sp³-hybridized carbons (Fsp3) is 0.290. The van der Waals surface area contributed by atoms with E-state index >= 15 is 0 Å². The number of carbonyl (C=O) groups excluding carboxylic acids is 2. The number of aliphatic hydroxyl groups is 1. The molecule has 7 heteroatoms. The molecule has 1 atom stereocenters. The molecular weight excluding hydrogens is 482 g/mol. The van der Waals surface area contributed by atoms with E-state index in [1.807, 2.05) is 45.9 Å². The summed E-state index contributed by atoms with van der Waals surface area (Å²) < 4.78 is 16.7. The summed E-state index contributed by atoms with van der Waals surface area (Å²) in [7, 11) is 1.59. The Balaban J connectivity index is 1.92. The van der Waals surface area contributed by atoms with Crippen LogP contribution in [0.1, 0.15) is 56.3 Å². The van der Waals surface area contributed by atoms with Gasteiger partial charge >= 0.3 is 0 Å². The third-order valence-electron chi connectivity index (χ3n) is 6.48. The van der Waals surface area contributed by atoms with E-state index in [9.17, 15) is 14.7 Å². The van der Waals surface area contributed by atoms with E-state index in [0.717, 1.165) is 5.56 Å². The zero-order valence-corrected chi connectivity index (χ0v) is 22.4.